The van der Waals surface area contributed by atoms with Crippen molar-refractivity contribution in [2.45, 2.75) is 32.2 Å². The maximum absolute atomic E-state index is 14.0. The Morgan fingerprint density at radius 2 is 2.03 bits per heavy atom. The van der Waals surface area contributed by atoms with Crippen molar-refractivity contribution in [3.05, 3.63) is 60.2 Å². The minimum absolute atomic E-state index is 0.0918. The van der Waals surface area contributed by atoms with Gasteiger partial charge in [0, 0.05) is 24.7 Å². The van der Waals surface area contributed by atoms with Gasteiger partial charge in [-0.2, -0.15) is 4.98 Å². The predicted octanol–water partition coefficient (Wildman–Crippen LogP) is 3.97. The molecule has 1 aliphatic heterocycles. The van der Waals surface area contributed by atoms with E-state index >= 15 is 0 Å². The molecular weight excluding hydrogens is 415 g/mol. The van der Waals surface area contributed by atoms with Crippen LogP contribution in [-0.2, 0) is 9.59 Å². The van der Waals surface area contributed by atoms with Crippen LogP contribution in [0.2, 0.25) is 0 Å². The molecule has 2 heterocycles. The molecule has 0 radical (unpaired) electrons. The molecule has 2 amide bonds. The molecule has 1 aromatic heterocycles. The number of aromatic nitrogens is 2. The summed E-state index contributed by atoms with van der Waals surface area (Å²) in [7, 11) is 0. The van der Waals surface area contributed by atoms with Crippen LogP contribution in [-0.4, -0.2) is 40.0 Å². The van der Waals surface area contributed by atoms with Gasteiger partial charge in [-0.15, -0.1) is 0 Å². The molecule has 1 fully saturated rings. The lowest BCUT2D eigenvalue weighted by Gasteiger charge is -2.33. The minimum Gasteiger partial charge on any atom is -0.484 e. The Hall–Kier alpha value is -3.75. The number of ether oxygens (including phenoxy) is 1. The van der Waals surface area contributed by atoms with Gasteiger partial charge >= 0.3 is 0 Å². The maximum Gasteiger partial charge on any atom is 0.261 e. The number of likely N-dealkylation sites (tertiary alicyclic amines) is 1. The summed E-state index contributed by atoms with van der Waals surface area (Å²) in [5.41, 5.74) is 0.663. The second kappa shape index (κ2) is 9.59. The third-order valence-electron chi connectivity index (χ3n) is 5.13. The summed E-state index contributed by atoms with van der Waals surface area (Å²) in [5, 5.41) is 6.52. The predicted molar refractivity (Wildman–Crippen MR) is 114 cm³/mol. The van der Waals surface area contributed by atoms with Gasteiger partial charge in [-0.1, -0.05) is 23.4 Å². The van der Waals surface area contributed by atoms with E-state index in [2.05, 4.69) is 15.5 Å². The molecule has 0 spiro atoms. The molecule has 1 aliphatic rings. The fourth-order valence-corrected chi connectivity index (χ4v) is 3.71. The fraction of sp³-hybridized carbons (Fsp3) is 0.304. The number of nitrogens with one attached hydrogen (secondary N) is 1. The first-order valence-electron chi connectivity index (χ1n) is 10.4. The van der Waals surface area contributed by atoms with E-state index in [1.54, 1.807) is 23.1 Å². The molecule has 0 aliphatic carbocycles. The largest absolute Gasteiger partial charge is 0.484 e. The molecule has 9 heteroatoms. The first kappa shape index (κ1) is 21.5. The molecule has 3 aromatic rings. The SMILES string of the molecule is CC(=O)Nc1cc(F)cc(-c2noc([C@H]3CCCCN3C(=O)COc3ccccc3)n2)c1. The molecule has 1 atom stereocenters. The van der Waals surface area contributed by atoms with Gasteiger partial charge < -0.3 is 19.5 Å². The number of halogens is 1. The highest BCUT2D eigenvalue weighted by Gasteiger charge is 2.32. The normalized spacial score (nSPS) is 15.9. The van der Waals surface area contributed by atoms with Gasteiger partial charge in [-0.05, 0) is 49.6 Å². The molecule has 0 bridgehead atoms. The number of carbonyl (C=O) groups excluding carboxylic acids is 2. The van der Waals surface area contributed by atoms with Gasteiger partial charge in [0.05, 0.1) is 0 Å². The van der Waals surface area contributed by atoms with Gasteiger partial charge in [0.15, 0.2) is 6.61 Å². The average molecular weight is 438 g/mol. The van der Waals surface area contributed by atoms with Crippen LogP contribution in [0.1, 0.15) is 38.1 Å². The Kier molecular flexibility index (Phi) is 6.44. The van der Waals surface area contributed by atoms with Crippen molar-refractivity contribution in [2.75, 3.05) is 18.5 Å². The van der Waals surface area contributed by atoms with Crippen LogP contribution in [0, 0.1) is 5.82 Å². The highest BCUT2D eigenvalue weighted by Crippen LogP contribution is 2.32. The number of carbonyl (C=O) groups is 2. The number of nitrogens with zero attached hydrogens (tertiary/aromatic N) is 3. The topological polar surface area (TPSA) is 97.6 Å². The van der Waals surface area contributed by atoms with Crippen molar-refractivity contribution in [1.29, 1.82) is 0 Å². The highest BCUT2D eigenvalue weighted by molar-refractivity contribution is 5.89. The molecule has 166 valence electrons. The zero-order chi connectivity index (χ0) is 22.5. The lowest BCUT2D eigenvalue weighted by Crippen LogP contribution is -2.41. The van der Waals surface area contributed by atoms with Gasteiger partial charge in [0.25, 0.3) is 5.91 Å². The van der Waals surface area contributed by atoms with Crippen LogP contribution < -0.4 is 10.1 Å². The lowest BCUT2D eigenvalue weighted by molar-refractivity contribution is -0.138. The van der Waals surface area contributed by atoms with Crippen LogP contribution in [0.15, 0.2) is 53.1 Å². The molecule has 0 saturated carbocycles. The van der Waals surface area contributed by atoms with E-state index in [0.29, 0.717) is 30.0 Å². The molecular formula is C23H23FN4O4. The molecule has 8 nitrogen and oxygen atoms in total. The Labute approximate surface area is 184 Å². The molecule has 0 unspecified atom stereocenters. The average Bonchev–Trinajstić information content (AvgIpc) is 3.28. The van der Waals surface area contributed by atoms with Gasteiger partial charge in [-0.25, -0.2) is 4.39 Å². The standard InChI is InChI=1S/C23H23FN4O4/c1-15(29)25-18-12-16(11-17(24)13-18)22-26-23(32-27-22)20-9-5-6-10-28(20)21(30)14-31-19-7-3-2-4-8-19/h2-4,7-8,11-13,20H,5-6,9-10,14H2,1H3,(H,25,29)/t20-/m1/s1. The number of amides is 2. The highest BCUT2D eigenvalue weighted by atomic mass is 19.1. The number of hydrogen-bond donors (Lipinski definition) is 1. The third kappa shape index (κ3) is 5.11. The second-order valence-corrected chi connectivity index (χ2v) is 7.57. The maximum atomic E-state index is 14.0. The molecule has 4 rings (SSSR count). The van der Waals surface area contributed by atoms with Crippen LogP contribution >= 0.6 is 0 Å². The quantitative estimate of drug-likeness (QED) is 0.626. The molecule has 32 heavy (non-hydrogen) atoms. The first-order valence-corrected chi connectivity index (χ1v) is 10.4. The third-order valence-corrected chi connectivity index (χ3v) is 5.13. The van der Waals surface area contributed by atoms with Crippen LogP contribution in [0.3, 0.4) is 0 Å². The number of anilines is 1. The number of para-hydroxylation sites is 1. The summed E-state index contributed by atoms with van der Waals surface area (Å²) in [6.45, 7) is 1.81. The van der Waals surface area contributed by atoms with Crippen molar-refractivity contribution >= 4 is 17.5 Å². The van der Waals surface area contributed by atoms with Crippen LogP contribution in [0.25, 0.3) is 11.4 Å². The summed E-state index contributed by atoms with van der Waals surface area (Å²) in [6, 6.07) is 12.8. The number of rotatable bonds is 6. The van der Waals surface area contributed by atoms with Crippen molar-refractivity contribution in [3.63, 3.8) is 0 Å². The van der Waals surface area contributed by atoms with E-state index in [9.17, 15) is 14.0 Å². The summed E-state index contributed by atoms with van der Waals surface area (Å²) < 4.78 is 25.1. The molecule has 2 aromatic carbocycles. The zero-order valence-electron chi connectivity index (χ0n) is 17.6. The summed E-state index contributed by atoms with van der Waals surface area (Å²) in [4.78, 5) is 30.3. The van der Waals surface area contributed by atoms with Crippen molar-refractivity contribution in [3.8, 4) is 17.1 Å². The second-order valence-electron chi connectivity index (χ2n) is 7.57. The van der Waals surface area contributed by atoms with Crippen LogP contribution in [0.4, 0.5) is 10.1 Å². The summed E-state index contributed by atoms with van der Waals surface area (Å²) in [5.74, 6) is 0.0739. The number of benzene rings is 2. The van der Waals surface area contributed by atoms with E-state index in [1.807, 2.05) is 18.2 Å². The minimum atomic E-state index is -0.537. The van der Waals surface area contributed by atoms with Crippen molar-refractivity contribution in [1.82, 2.24) is 15.0 Å². The Morgan fingerprint density at radius 3 is 2.81 bits per heavy atom. The number of hydrogen-bond acceptors (Lipinski definition) is 6. The van der Waals surface area contributed by atoms with Gasteiger partial charge in [0.2, 0.25) is 17.6 Å². The van der Waals surface area contributed by atoms with Crippen molar-refractivity contribution in [2.24, 2.45) is 0 Å². The number of piperidine rings is 1. The Balaban J connectivity index is 1.51. The lowest BCUT2D eigenvalue weighted by atomic mass is 10.0. The van der Waals surface area contributed by atoms with Gasteiger partial charge in [0.1, 0.15) is 17.6 Å². The van der Waals surface area contributed by atoms with E-state index < -0.39 is 5.82 Å². The van der Waals surface area contributed by atoms with Crippen molar-refractivity contribution < 1.29 is 23.2 Å². The van der Waals surface area contributed by atoms with E-state index in [1.165, 1.54) is 19.1 Å². The summed E-state index contributed by atoms with van der Waals surface area (Å²) in [6.07, 6.45) is 2.47. The Bertz CT molecular complexity index is 1100. The summed E-state index contributed by atoms with van der Waals surface area (Å²) >= 11 is 0. The zero-order valence-corrected chi connectivity index (χ0v) is 17.6. The van der Waals surface area contributed by atoms with E-state index in [0.717, 1.165) is 12.8 Å². The Morgan fingerprint density at radius 1 is 1.22 bits per heavy atom. The fourth-order valence-electron chi connectivity index (χ4n) is 3.71. The van der Waals surface area contributed by atoms with E-state index in [-0.39, 0.29) is 36.2 Å². The van der Waals surface area contributed by atoms with Gasteiger partial charge in [-0.3, -0.25) is 9.59 Å². The first-order chi connectivity index (χ1) is 15.5. The smallest absolute Gasteiger partial charge is 0.261 e. The van der Waals surface area contributed by atoms with E-state index in [4.69, 9.17) is 9.26 Å². The molecule has 1 saturated heterocycles. The molecule has 1 N–H and O–H groups in total. The monoisotopic (exact) mass is 438 g/mol. The van der Waals surface area contributed by atoms with Crippen LogP contribution in [0.5, 0.6) is 5.75 Å².